The predicted molar refractivity (Wildman–Crippen MR) is 62.1 cm³/mol. The quantitative estimate of drug-likeness (QED) is 0.475. The monoisotopic (exact) mass is 222 g/mol. The topological polar surface area (TPSA) is 75.6 Å². The lowest BCUT2D eigenvalue weighted by Gasteiger charge is -2.60. The van der Waals surface area contributed by atoms with Crippen molar-refractivity contribution in [2.75, 3.05) is 32.7 Å². The molecule has 4 N–H and O–H groups in total. The van der Waals surface area contributed by atoms with Crippen LogP contribution in [0.25, 0.3) is 0 Å². The van der Waals surface area contributed by atoms with Crippen molar-refractivity contribution in [2.45, 2.75) is 0 Å². The molecule has 0 bridgehead atoms. The van der Waals surface area contributed by atoms with Gasteiger partial charge in [0.05, 0.1) is 12.4 Å². The molecular weight excluding hydrogens is 204 g/mol. The maximum absolute atomic E-state index is 10.3. The molecule has 5 heteroatoms. The Hall–Kier alpha value is -1.49. The third-order valence-corrected chi connectivity index (χ3v) is 3.25. The highest BCUT2D eigenvalue weighted by molar-refractivity contribution is 5.52. The molecule has 2 saturated heterocycles. The van der Waals surface area contributed by atoms with Gasteiger partial charge in [-0.3, -0.25) is 4.90 Å². The van der Waals surface area contributed by atoms with Crippen molar-refractivity contribution < 1.29 is 4.79 Å². The molecule has 2 aliphatic rings. The third-order valence-electron chi connectivity index (χ3n) is 3.25. The van der Waals surface area contributed by atoms with E-state index in [0.29, 0.717) is 12.0 Å². The highest BCUT2D eigenvalue weighted by Gasteiger charge is 2.51. The summed E-state index contributed by atoms with van der Waals surface area (Å²) in [6.07, 6.45) is 5.98. The summed E-state index contributed by atoms with van der Waals surface area (Å²) in [5.41, 5.74) is 11.5. The van der Waals surface area contributed by atoms with Gasteiger partial charge in [0, 0.05) is 31.6 Å². The Kier molecular flexibility index (Phi) is 2.87. The smallest absolute Gasteiger partial charge is 0.133 e. The number of rotatable bonds is 4. The Bertz CT molecular complexity index is 323. The molecule has 2 rings (SSSR count). The first-order valence-corrected chi connectivity index (χ1v) is 5.44. The van der Waals surface area contributed by atoms with Crippen LogP contribution in [0.2, 0.25) is 0 Å². The van der Waals surface area contributed by atoms with Gasteiger partial charge in [-0.1, -0.05) is 0 Å². The Morgan fingerprint density at radius 1 is 1.31 bits per heavy atom. The maximum Gasteiger partial charge on any atom is 0.133 e. The summed E-state index contributed by atoms with van der Waals surface area (Å²) in [6, 6.07) is 0. The summed E-state index contributed by atoms with van der Waals surface area (Å²) in [5.74, 6) is 0.765. The van der Waals surface area contributed by atoms with Crippen LogP contribution in [0.3, 0.4) is 0 Å². The molecule has 88 valence electrons. The molecule has 5 nitrogen and oxygen atoms in total. The summed E-state index contributed by atoms with van der Waals surface area (Å²) < 4.78 is 0. The van der Waals surface area contributed by atoms with E-state index in [-0.39, 0.29) is 0 Å². The first-order valence-electron chi connectivity index (χ1n) is 5.44. The van der Waals surface area contributed by atoms with Gasteiger partial charge < -0.3 is 21.2 Å². The largest absolute Gasteiger partial charge is 0.405 e. The molecule has 1 spiro atoms. The number of aldehydes is 1. The van der Waals surface area contributed by atoms with Crippen molar-refractivity contribution in [3.05, 3.63) is 24.2 Å². The first-order chi connectivity index (χ1) is 7.69. The fourth-order valence-electron chi connectivity index (χ4n) is 2.54. The molecule has 0 aromatic heterocycles. The van der Waals surface area contributed by atoms with Gasteiger partial charge in [-0.05, 0) is 18.4 Å². The van der Waals surface area contributed by atoms with Crippen LogP contribution in [0.5, 0.6) is 0 Å². The summed E-state index contributed by atoms with van der Waals surface area (Å²) >= 11 is 0. The first kappa shape index (κ1) is 11.0. The second-order valence-electron chi connectivity index (χ2n) is 4.67. The predicted octanol–water partition coefficient (Wildman–Crippen LogP) is -0.925. The van der Waals surface area contributed by atoms with Gasteiger partial charge in [-0.2, -0.15) is 0 Å². The fourth-order valence-corrected chi connectivity index (χ4v) is 2.54. The molecule has 2 heterocycles. The standard InChI is InChI=1S/C11H18N4O/c12-3-1-2-10(13)15-8-11(9-15)6-14(7-11)4-5-16/h1-3,5H,4,6-9,12-13H2/b3-1-,10-2+. The Labute approximate surface area is 95.4 Å². The van der Waals surface area contributed by atoms with E-state index in [1.54, 1.807) is 6.08 Å². The number of nitrogens with two attached hydrogens (primary N) is 2. The molecule has 0 aromatic rings. The molecule has 2 fully saturated rings. The SMILES string of the molecule is N/C=C\C=C(/N)N1CC2(CN(CC=O)C2)C1. The minimum Gasteiger partial charge on any atom is -0.405 e. The van der Waals surface area contributed by atoms with Crippen molar-refractivity contribution >= 4 is 6.29 Å². The van der Waals surface area contributed by atoms with Crippen molar-refractivity contribution in [1.82, 2.24) is 9.80 Å². The summed E-state index contributed by atoms with van der Waals surface area (Å²) in [6.45, 7) is 4.57. The molecule has 0 amide bonds. The van der Waals surface area contributed by atoms with Crippen LogP contribution in [0.4, 0.5) is 0 Å². The minimum absolute atomic E-state index is 0.383. The molecule has 2 aliphatic heterocycles. The summed E-state index contributed by atoms with van der Waals surface area (Å²) in [4.78, 5) is 14.6. The van der Waals surface area contributed by atoms with E-state index >= 15 is 0 Å². The Morgan fingerprint density at radius 3 is 2.56 bits per heavy atom. The highest BCUT2D eigenvalue weighted by atomic mass is 16.1. The average molecular weight is 222 g/mol. The van der Waals surface area contributed by atoms with Crippen molar-refractivity contribution in [2.24, 2.45) is 16.9 Å². The van der Waals surface area contributed by atoms with Gasteiger partial charge in [0.15, 0.2) is 0 Å². The third kappa shape index (κ3) is 1.90. The average Bonchev–Trinajstić information content (AvgIpc) is 2.16. The summed E-state index contributed by atoms with van der Waals surface area (Å²) in [5, 5.41) is 0. The normalized spacial score (nSPS) is 24.5. The van der Waals surface area contributed by atoms with Crippen LogP contribution in [0, 0.1) is 5.41 Å². The molecule has 0 atom stereocenters. The number of carbonyl (C=O) groups is 1. The Balaban J connectivity index is 1.76. The maximum atomic E-state index is 10.3. The minimum atomic E-state index is 0.383. The lowest BCUT2D eigenvalue weighted by Crippen LogP contribution is -2.72. The zero-order valence-corrected chi connectivity index (χ0v) is 9.30. The number of likely N-dealkylation sites (tertiary alicyclic amines) is 2. The number of hydrogen-bond acceptors (Lipinski definition) is 5. The van der Waals surface area contributed by atoms with Crippen molar-refractivity contribution in [3.63, 3.8) is 0 Å². The molecule has 16 heavy (non-hydrogen) atoms. The van der Waals surface area contributed by atoms with Gasteiger partial charge >= 0.3 is 0 Å². The molecule has 0 aliphatic carbocycles. The lowest BCUT2D eigenvalue weighted by atomic mass is 9.73. The van der Waals surface area contributed by atoms with Gasteiger partial charge in [0.2, 0.25) is 0 Å². The fraction of sp³-hybridized carbons (Fsp3) is 0.545. The van der Waals surface area contributed by atoms with E-state index in [9.17, 15) is 4.79 Å². The number of nitrogens with zero attached hydrogens (tertiary/aromatic N) is 2. The van der Waals surface area contributed by atoms with Crippen LogP contribution >= 0.6 is 0 Å². The van der Waals surface area contributed by atoms with Crippen LogP contribution in [0.15, 0.2) is 24.2 Å². The van der Waals surface area contributed by atoms with Crippen LogP contribution < -0.4 is 11.5 Å². The Morgan fingerprint density at radius 2 is 2.00 bits per heavy atom. The van der Waals surface area contributed by atoms with Gasteiger partial charge in [0.25, 0.3) is 0 Å². The molecular formula is C11H18N4O. The van der Waals surface area contributed by atoms with E-state index in [0.717, 1.165) is 38.3 Å². The second kappa shape index (κ2) is 4.17. The van der Waals surface area contributed by atoms with Crippen LogP contribution in [-0.4, -0.2) is 48.8 Å². The van der Waals surface area contributed by atoms with Crippen molar-refractivity contribution in [1.29, 1.82) is 0 Å². The van der Waals surface area contributed by atoms with Crippen molar-refractivity contribution in [3.8, 4) is 0 Å². The number of carbonyl (C=O) groups excluding carboxylic acids is 1. The van der Waals surface area contributed by atoms with Gasteiger partial charge in [0.1, 0.15) is 6.29 Å². The summed E-state index contributed by atoms with van der Waals surface area (Å²) in [7, 11) is 0. The van der Waals surface area contributed by atoms with Crippen LogP contribution in [-0.2, 0) is 4.79 Å². The molecule has 0 radical (unpaired) electrons. The van der Waals surface area contributed by atoms with E-state index < -0.39 is 0 Å². The van der Waals surface area contributed by atoms with E-state index in [2.05, 4.69) is 9.80 Å². The van der Waals surface area contributed by atoms with E-state index in [1.807, 2.05) is 6.08 Å². The molecule has 0 saturated carbocycles. The highest BCUT2D eigenvalue weighted by Crippen LogP contribution is 2.40. The second-order valence-corrected chi connectivity index (χ2v) is 4.67. The lowest BCUT2D eigenvalue weighted by molar-refractivity contribution is -0.122. The zero-order valence-electron chi connectivity index (χ0n) is 9.30. The van der Waals surface area contributed by atoms with Gasteiger partial charge in [-0.25, -0.2) is 0 Å². The number of allylic oxidation sites excluding steroid dienone is 2. The zero-order chi connectivity index (χ0) is 11.6. The number of hydrogen-bond donors (Lipinski definition) is 2. The van der Waals surface area contributed by atoms with Crippen LogP contribution in [0.1, 0.15) is 0 Å². The van der Waals surface area contributed by atoms with E-state index in [4.69, 9.17) is 11.5 Å². The molecule has 0 aromatic carbocycles. The van der Waals surface area contributed by atoms with Gasteiger partial charge in [-0.15, -0.1) is 0 Å². The van der Waals surface area contributed by atoms with E-state index in [1.165, 1.54) is 6.20 Å². The molecule has 0 unspecified atom stereocenters.